The van der Waals surface area contributed by atoms with Gasteiger partial charge in [-0.1, -0.05) is 0 Å². The van der Waals surface area contributed by atoms with Gasteiger partial charge in [-0.3, -0.25) is 19.8 Å². The smallest absolute Gasteiger partial charge is 0.292 e. The summed E-state index contributed by atoms with van der Waals surface area (Å²) >= 11 is 0. The number of nitro groups is 1. The fourth-order valence-electron chi connectivity index (χ4n) is 3.71. The van der Waals surface area contributed by atoms with Gasteiger partial charge in [0.05, 0.1) is 11.0 Å². The molecule has 0 aliphatic carbocycles. The molecule has 1 amide bonds. The zero-order chi connectivity index (χ0) is 18.1. The SMILES string of the molecule is CC(O)CN1CCN(c2cc3c(cc2[N+](=O)[O-])CCC(=O)N3)C(C)C1. The highest BCUT2D eigenvalue weighted by molar-refractivity contribution is 5.95. The Kier molecular flexibility index (Phi) is 4.91. The first-order chi connectivity index (χ1) is 11.8. The van der Waals surface area contributed by atoms with Crippen molar-refractivity contribution in [1.29, 1.82) is 0 Å². The van der Waals surface area contributed by atoms with Crippen LogP contribution in [0.5, 0.6) is 0 Å². The zero-order valence-electron chi connectivity index (χ0n) is 14.6. The molecule has 2 atom stereocenters. The van der Waals surface area contributed by atoms with Gasteiger partial charge < -0.3 is 15.3 Å². The van der Waals surface area contributed by atoms with Crippen LogP contribution in [0.2, 0.25) is 0 Å². The van der Waals surface area contributed by atoms with E-state index in [2.05, 4.69) is 10.2 Å². The minimum Gasteiger partial charge on any atom is -0.392 e. The molecular weight excluding hydrogens is 324 g/mol. The van der Waals surface area contributed by atoms with Crippen molar-refractivity contribution in [2.24, 2.45) is 0 Å². The summed E-state index contributed by atoms with van der Waals surface area (Å²) in [4.78, 5) is 27.1. The Morgan fingerprint density at radius 3 is 2.80 bits per heavy atom. The average Bonchev–Trinajstić information content (AvgIpc) is 2.53. The molecule has 0 radical (unpaired) electrons. The molecule has 2 unspecified atom stereocenters. The number of carbonyl (C=O) groups excluding carboxylic acids is 1. The Balaban J connectivity index is 1.89. The molecule has 2 N–H and O–H groups in total. The molecule has 8 nitrogen and oxygen atoms in total. The van der Waals surface area contributed by atoms with Crippen molar-refractivity contribution in [3.05, 3.63) is 27.8 Å². The van der Waals surface area contributed by atoms with Gasteiger partial charge >= 0.3 is 0 Å². The fourth-order valence-corrected chi connectivity index (χ4v) is 3.71. The quantitative estimate of drug-likeness (QED) is 0.630. The number of hydrogen-bond acceptors (Lipinski definition) is 6. The van der Waals surface area contributed by atoms with E-state index in [0.29, 0.717) is 37.3 Å². The van der Waals surface area contributed by atoms with Crippen molar-refractivity contribution in [3.8, 4) is 0 Å². The number of nitrogens with one attached hydrogen (secondary N) is 1. The van der Waals surface area contributed by atoms with Crippen molar-refractivity contribution < 1.29 is 14.8 Å². The Morgan fingerprint density at radius 1 is 1.40 bits per heavy atom. The van der Waals surface area contributed by atoms with Crippen LogP contribution in [0, 0.1) is 10.1 Å². The number of nitro benzene ring substituents is 1. The first kappa shape index (κ1) is 17.6. The van der Waals surface area contributed by atoms with Crippen LogP contribution >= 0.6 is 0 Å². The van der Waals surface area contributed by atoms with Crippen LogP contribution in [0.1, 0.15) is 25.8 Å². The molecule has 2 aliphatic heterocycles. The summed E-state index contributed by atoms with van der Waals surface area (Å²) in [5.74, 6) is -0.0536. The van der Waals surface area contributed by atoms with Gasteiger partial charge in [-0.05, 0) is 31.9 Å². The van der Waals surface area contributed by atoms with Crippen molar-refractivity contribution in [2.45, 2.75) is 38.8 Å². The Hall–Kier alpha value is -2.19. The number of amides is 1. The number of hydrogen-bond donors (Lipinski definition) is 2. The summed E-state index contributed by atoms with van der Waals surface area (Å²) < 4.78 is 0. The van der Waals surface area contributed by atoms with E-state index in [0.717, 1.165) is 18.7 Å². The molecule has 1 fully saturated rings. The summed E-state index contributed by atoms with van der Waals surface area (Å²) in [6, 6.07) is 3.41. The van der Waals surface area contributed by atoms with Gasteiger partial charge in [0.15, 0.2) is 0 Å². The third-order valence-corrected chi connectivity index (χ3v) is 4.84. The van der Waals surface area contributed by atoms with Crippen LogP contribution < -0.4 is 10.2 Å². The lowest BCUT2D eigenvalue weighted by Gasteiger charge is -2.41. The van der Waals surface area contributed by atoms with E-state index in [4.69, 9.17) is 0 Å². The first-order valence-corrected chi connectivity index (χ1v) is 8.63. The third kappa shape index (κ3) is 3.74. The second-order valence-electron chi connectivity index (χ2n) is 6.95. The predicted octanol–water partition coefficient (Wildman–Crippen LogP) is 1.37. The molecule has 136 valence electrons. The molecule has 25 heavy (non-hydrogen) atoms. The summed E-state index contributed by atoms with van der Waals surface area (Å²) in [7, 11) is 0. The van der Waals surface area contributed by atoms with Crippen molar-refractivity contribution in [2.75, 3.05) is 36.4 Å². The largest absolute Gasteiger partial charge is 0.392 e. The number of benzene rings is 1. The van der Waals surface area contributed by atoms with Crippen molar-refractivity contribution >= 4 is 23.0 Å². The maximum Gasteiger partial charge on any atom is 0.292 e. The molecule has 3 rings (SSSR count). The van der Waals surface area contributed by atoms with Crippen LogP contribution in [-0.2, 0) is 11.2 Å². The number of aryl methyl sites for hydroxylation is 1. The number of carbonyl (C=O) groups is 1. The molecule has 0 bridgehead atoms. The molecule has 0 aromatic heterocycles. The molecule has 0 saturated carbocycles. The standard InChI is InChI=1S/C17H24N4O4/c1-11-9-19(10-12(2)22)5-6-20(11)15-8-14-13(3-4-17(23)18-14)7-16(15)21(24)25/h7-8,11-12,22H,3-6,9-10H2,1-2H3,(H,18,23). The second kappa shape index (κ2) is 6.97. The minimum absolute atomic E-state index is 0.0536. The van der Waals surface area contributed by atoms with E-state index >= 15 is 0 Å². The van der Waals surface area contributed by atoms with E-state index in [9.17, 15) is 20.0 Å². The number of anilines is 2. The van der Waals surface area contributed by atoms with Crippen LogP contribution in [0.3, 0.4) is 0 Å². The normalized spacial score (nSPS) is 22.3. The molecule has 1 saturated heterocycles. The maximum atomic E-state index is 11.7. The lowest BCUT2D eigenvalue weighted by atomic mass is 10.00. The molecule has 0 spiro atoms. The Bertz CT molecular complexity index is 691. The molecule has 2 aliphatic rings. The summed E-state index contributed by atoms with van der Waals surface area (Å²) in [6.45, 7) is 6.48. The van der Waals surface area contributed by atoms with Crippen molar-refractivity contribution in [3.63, 3.8) is 0 Å². The van der Waals surface area contributed by atoms with Gasteiger partial charge in [0, 0.05) is 50.4 Å². The highest BCUT2D eigenvalue weighted by Crippen LogP contribution is 2.37. The van der Waals surface area contributed by atoms with E-state index in [1.54, 1.807) is 19.1 Å². The monoisotopic (exact) mass is 348 g/mol. The van der Waals surface area contributed by atoms with Crippen LogP contribution in [-0.4, -0.2) is 59.2 Å². The second-order valence-corrected chi connectivity index (χ2v) is 6.95. The minimum atomic E-state index is -0.396. The van der Waals surface area contributed by atoms with Crippen LogP contribution in [0.25, 0.3) is 0 Å². The number of aliphatic hydroxyl groups is 1. The number of β-amino-alcohol motifs (C(OH)–C–C–N with tert-alkyl or cyclic N) is 1. The summed E-state index contributed by atoms with van der Waals surface area (Å²) in [5, 5.41) is 24.0. The van der Waals surface area contributed by atoms with Gasteiger partial charge in [0.25, 0.3) is 5.69 Å². The zero-order valence-corrected chi connectivity index (χ0v) is 14.6. The summed E-state index contributed by atoms with van der Waals surface area (Å²) in [6.07, 6.45) is 0.491. The van der Waals surface area contributed by atoms with E-state index in [1.165, 1.54) is 0 Å². The number of piperazine rings is 1. The van der Waals surface area contributed by atoms with Crippen molar-refractivity contribution in [1.82, 2.24) is 4.90 Å². The lowest BCUT2D eigenvalue weighted by molar-refractivity contribution is -0.384. The molecule has 8 heteroatoms. The molecular formula is C17H24N4O4. The van der Waals surface area contributed by atoms with Crippen LogP contribution in [0.15, 0.2) is 12.1 Å². The first-order valence-electron chi connectivity index (χ1n) is 8.63. The van der Waals surface area contributed by atoms with Gasteiger partial charge in [-0.25, -0.2) is 0 Å². The Morgan fingerprint density at radius 2 is 2.16 bits per heavy atom. The number of fused-ring (bicyclic) bond motifs is 1. The predicted molar refractivity (Wildman–Crippen MR) is 95.0 cm³/mol. The van der Waals surface area contributed by atoms with E-state index in [-0.39, 0.29) is 22.6 Å². The number of aliphatic hydroxyl groups excluding tert-OH is 1. The van der Waals surface area contributed by atoms with Gasteiger partial charge in [0.2, 0.25) is 5.91 Å². The van der Waals surface area contributed by atoms with Gasteiger partial charge in [-0.15, -0.1) is 0 Å². The highest BCUT2D eigenvalue weighted by Gasteiger charge is 2.31. The Labute approximate surface area is 146 Å². The third-order valence-electron chi connectivity index (χ3n) is 4.84. The maximum absolute atomic E-state index is 11.7. The molecule has 2 heterocycles. The fraction of sp³-hybridized carbons (Fsp3) is 0.588. The van der Waals surface area contributed by atoms with Gasteiger partial charge in [-0.2, -0.15) is 0 Å². The summed E-state index contributed by atoms with van der Waals surface area (Å²) in [5.41, 5.74) is 2.13. The van der Waals surface area contributed by atoms with Gasteiger partial charge in [0.1, 0.15) is 5.69 Å². The average molecular weight is 348 g/mol. The highest BCUT2D eigenvalue weighted by atomic mass is 16.6. The number of rotatable bonds is 4. The van der Waals surface area contributed by atoms with E-state index in [1.807, 2.05) is 11.8 Å². The van der Waals surface area contributed by atoms with Crippen LogP contribution in [0.4, 0.5) is 17.1 Å². The molecule has 1 aromatic rings. The number of nitrogens with zero attached hydrogens (tertiary/aromatic N) is 3. The topological polar surface area (TPSA) is 98.9 Å². The molecule has 1 aromatic carbocycles. The van der Waals surface area contributed by atoms with E-state index < -0.39 is 6.10 Å². The lowest BCUT2D eigenvalue weighted by Crippen LogP contribution is -2.53.